The van der Waals surface area contributed by atoms with Gasteiger partial charge >= 0.3 is 0 Å². The summed E-state index contributed by atoms with van der Waals surface area (Å²) in [5.74, 6) is -0.219. The number of hydrogen-bond donors (Lipinski definition) is 1. The Morgan fingerprint density at radius 1 is 1.14 bits per heavy atom. The molecule has 2 aromatic rings. The third-order valence-corrected chi connectivity index (χ3v) is 5.67. The molecule has 0 atom stereocenters. The van der Waals surface area contributed by atoms with Crippen LogP contribution in [-0.4, -0.2) is 54.3 Å². The zero-order valence-electron chi connectivity index (χ0n) is 17.3. The van der Waals surface area contributed by atoms with E-state index < -0.39 is 0 Å². The van der Waals surface area contributed by atoms with Crippen LogP contribution in [0.2, 0.25) is 0 Å². The van der Waals surface area contributed by atoms with E-state index in [1.54, 1.807) is 12.1 Å². The third kappa shape index (κ3) is 6.77. The average molecular weight is 416 g/mol. The first-order valence-electron chi connectivity index (χ1n) is 10.2. The highest BCUT2D eigenvalue weighted by atomic mass is 32.1. The largest absolute Gasteiger partial charge is 0.379 e. The number of nitrogens with zero attached hydrogens (tertiary/aromatic N) is 2. The Kier molecular flexibility index (Phi) is 7.98. The fraction of sp³-hybridized carbons (Fsp3) is 0.435. The van der Waals surface area contributed by atoms with E-state index in [-0.39, 0.29) is 5.82 Å². The first-order valence-corrected chi connectivity index (χ1v) is 10.6. The normalized spacial score (nSPS) is 14.6. The summed E-state index contributed by atoms with van der Waals surface area (Å²) >= 11 is 5.72. The van der Waals surface area contributed by atoms with E-state index in [2.05, 4.69) is 41.1 Å². The Balaban J connectivity index is 1.64. The van der Waals surface area contributed by atoms with E-state index in [4.69, 9.17) is 17.0 Å². The van der Waals surface area contributed by atoms with Gasteiger partial charge < -0.3 is 15.0 Å². The fourth-order valence-electron chi connectivity index (χ4n) is 3.44. The Labute approximate surface area is 178 Å². The van der Waals surface area contributed by atoms with Crippen molar-refractivity contribution in [3.8, 4) is 0 Å². The smallest absolute Gasteiger partial charge is 0.173 e. The van der Waals surface area contributed by atoms with Crippen molar-refractivity contribution in [1.82, 2.24) is 9.80 Å². The average Bonchev–Trinajstić information content (AvgIpc) is 2.71. The number of hydrogen-bond acceptors (Lipinski definition) is 3. The van der Waals surface area contributed by atoms with E-state index in [0.29, 0.717) is 11.7 Å². The number of nitrogens with one attached hydrogen (secondary N) is 1. The minimum absolute atomic E-state index is 0.219. The number of aryl methyl sites for hydroxylation is 2. The zero-order valence-corrected chi connectivity index (χ0v) is 18.1. The van der Waals surface area contributed by atoms with Crippen molar-refractivity contribution < 1.29 is 9.13 Å². The Morgan fingerprint density at radius 2 is 1.93 bits per heavy atom. The van der Waals surface area contributed by atoms with E-state index in [9.17, 15) is 4.39 Å². The van der Waals surface area contributed by atoms with Gasteiger partial charge in [-0.05, 0) is 73.4 Å². The molecule has 1 heterocycles. The van der Waals surface area contributed by atoms with Gasteiger partial charge in [0.15, 0.2) is 5.11 Å². The first kappa shape index (κ1) is 21.7. The second-order valence-corrected chi connectivity index (χ2v) is 7.97. The van der Waals surface area contributed by atoms with Crippen molar-refractivity contribution in [2.45, 2.75) is 26.8 Å². The molecule has 1 saturated heterocycles. The van der Waals surface area contributed by atoms with Crippen molar-refractivity contribution in [2.24, 2.45) is 0 Å². The van der Waals surface area contributed by atoms with Gasteiger partial charge in [0.25, 0.3) is 0 Å². The highest BCUT2D eigenvalue weighted by molar-refractivity contribution is 7.80. The van der Waals surface area contributed by atoms with Crippen LogP contribution in [-0.2, 0) is 11.3 Å². The van der Waals surface area contributed by atoms with Gasteiger partial charge in [-0.25, -0.2) is 4.39 Å². The molecule has 0 saturated carbocycles. The van der Waals surface area contributed by atoms with Crippen molar-refractivity contribution in [2.75, 3.05) is 44.7 Å². The van der Waals surface area contributed by atoms with Gasteiger partial charge in [0, 0.05) is 38.4 Å². The van der Waals surface area contributed by atoms with Crippen LogP contribution in [0.15, 0.2) is 42.5 Å². The van der Waals surface area contributed by atoms with Gasteiger partial charge in [-0.1, -0.05) is 18.2 Å². The summed E-state index contributed by atoms with van der Waals surface area (Å²) in [4.78, 5) is 4.55. The zero-order chi connectivity index (χ0) is 20.6. The number of ether oxygens (including phenoxy) is 1. The van der Waals surface area contributed by atoms with Crippen molar-refractivity contribution in [3.05, 3.63) is 65.0 Å². The molecule has 1 fully saturated rings. The lowest BCUT2D eigenvalue weighted by Gasteiger charge is -2.29. The summed E-state index contributed by atoms with van der Waals surface area (Å²) in [6.45, 7) is 10.2. The van der Waals surface area contributed by atoms with E-state index in [1.165, 1.54) is 17.2 Å². The summed E-state index contributed by atoms with van der Waals surface area (Å²) in [5.41, 5.74) is 4.38. The molecule has 1 N–H and O–H groups in total. The van der Waals surface area contributed by atoms with Gasteiger partial charge in [-0.2, -0.15) is 0 Å². The van der Waals surface area contributed by atoms with Gasteiger partial charge in [-0.15, -0.1) is 0 Å². The lowest BCUT2D eigenvalue weighted by atomic mass is 10.1. The summed E-state index contributed by atoms with van der Waals surface area (Å²) in [7, 11) is 0. The molecule has 0 bridgehead atoms. The molecule has 0 aromatic heterocycles. The molecular formula is C23H30FN3OS. The van der Waals surface area contributed by atoms with Crippen LogP contribution in [0.3, 0.4) is 0 Å². The lowest BCUT2D eigenvalue weighted by molar-refractivity contribution is 0.0368. The number of thiocarbonyl (C=S) groups is 1. The molecule has 29 heavy (non-hydrogen) atoms. The lowest BCUT2D eigenvalue weighted by Crippen LogP contribution is -2.40. The molecule has 0 amide bonds. The van der Waals surface area contributed by atoms with Crippen LogP contribution in [0.25, 0.3) is 0 Å². The molecular weight excluding hydrogens is 385 g/mol. The molecule has 1 aliphatic rings. The molecule has 0 unspecified atom stereocenters. The molecule has 4 nitrogen and oxygen atoms in total. The number of anilines is 1. The molecule has 0 spiro atoms. The van der Waals surface area contributed by atoms with Crippen LogP contribution in [0.4, 0.5) is 10.1 Å². The quantitative estimate of drug-likeness (QED) is 0.678. The van der Waals surface area contributed by atoms with Crippen molar-refractivity contribution in [3.63, 3.8) is 0 Å². The van der Waals surface area contributed by atoms with Gasteiger partial charge in [0.2, 0.25) is 0 Å². The second-order valence-electron chi connectivity index (χ2n) is 7.59. The van der Waals surface area contributed by atoms with E-state index in [0.717, 1.165) is 57.1 Å². The second kappa shape index (κ2) is 10.7. The highest BCUT2D eigenvalue weighted by Crippen LogP contribution is 2.16. The Morgan fingerprint density at radius 3 is 2.66 bits per heavy atom. The summed E-state index contributed by atoms with van der Waals surface area (Å²) in [5, 5.41) is 4.03. The van der Waals surface area contributed by atoms with Crippen molar-refractivity contribution >= 4 is 23.0 Å². The van der Waals surface area contributed by atoms with Crippen LogP contribution in [0.1, 0.15) is 23.1 Å². The predicted octanol–water partition coefficient (Wildman–Crippen LogP) is 4.36. The third-order valence-electron chi connectivity index (χ3n) is 5.31. The predicted molar refractivity (Wildman–Crippen MR) is 121 cm³/mol. The van der Waals surface area contributed by atoms with Gasteiger partial charge in [0.05, 0.1) is 13.2 Å². The van der Waals surface area contributed by atoms with Crippen LogP contribution < -0.4 is 5.32 Å². The molecule has 0 aliphatic carbocycles. The molecule has 6 heteroatoms. The summed E-state index contributed by atoms with van der Waals surface area (Å²) < 4.78 is 19.1. The minimum Gasteiger partial charge on any atom is -0.379 e. The summed E-state index contributed by atoms with van der Waals surface area (Å²) in [6, 6.07) is 13.0. The maximum atomic E-state index is 13.7. The first-order chi connectivity index (χ1) is 14.0. The van der Waals surface area contributed by atoms with Gasteiger partial charge in [-0.3, -0.25) is 4.90 Å². The van der Waals surface area contributed by atoms with Crippen molar-refractivity contribution in [1.29, 1.82) is 0 Å². The van der Waals surface area contributed by atoms with E-state index >= 15 is 0 Å². The number of rotatable bonds is 7. The minimum atomic E-state index is -0.219. The van der Waals surface area contributed by atoms with E-state index in [1.807, 2.05) is 12.1 Å². The monoisotopic (exact) mass is 415 g/mol. The molecule has 2 aromatic carbocycles. The molecule has 1 aliphatic heterocycles. The molecule has 3 rings (SSSR count). The van der Waals surface area contributed by atoms with Crippen LogP contribution >= 0.6 is 12.2 Å². The number of benzene rings is 2. The topological polar surface area (TPSA) is 27.7 Å². The number of halogens is 1. The fourth-order valence-corrected chi connectivity index (χ4v) is 3.71. The Bertz CT molecular complexity index is 824. The molecule has 0 radical (unpaired) electrons. The SMILES string of the molecule is Cc1ccc(NC(=S)N(CCCN2CCOCC2)Cc2cccc(F)c2)cc1C. The van der Waals surface area contributed by atoms with Gasteiger partial charge in [0.1, 0.15) is 5.82 Å². The van der Waals surface area contributed by atoms with Crippen LogP contribution in [0, 0.1) is 19.7 Å². The highest BCUT2D eigenvalue weighted by Gasteiger charge is 2.14. The summed E-state index contributed by atoms with van der Waals surface area (Å²) in [6.07, 6.45) is 0.990. The molecule has 156 valence electrons. The number of morpholine rings is 1. The standard InChI is InChI=1S/C23H30FN3OS/c1-18-7-8-22(15-19(18)2)25-23(29)27(17-20-5-3-6-21(24)16-20)10-4-9-26-11-13-28-14-12-26/h3,5-8,15-16H,4,9-14,17H2,1-2H3,(H,25,29). The van der Waals surface area contributed by atoms with Crippen LogP contribution in [0.5, 0.6) is 0 Å². The Hall–Kier alpha value is -2.02. The maximum Gasteiger partial charge on any atom is 0.173 e. The maximum absolute atomic E-state index is 13.7.